The van der Waals surface area contributed by atoms with Gasteiger partial charge in [0.05, 0.1) is 16.6 Å². The van der Waals surface area contributed by atoms with Crippen LogP contribution in [0.4, 0.5) is 4.39 Å². The lowest BCUT2D eigenvalue weighted by atomic mass is 10.1. The first-order valence-electron chi connectivity index (χ1n) is 8.69. The van der Waals surface area contributed by atoms with Gasteiger partial charge in [0.25, 0.3) is 5.91 Å². The number of fused-ring (bicyclic) bond motifs is 1. The Bertz CT molecular complexity index is 1130. The van der Waals surface area contributed by atoms with Crippen molar-refractivity contribution in [2.75, 3.05) is 13.6 Å². The number of amides is 2. The SMILES string of the molecule is CN(C=O)CC[C@@H](O)C#Cc1cc(-n2nc(C(N)=O)c3cccnc32)ccc1F. The third-order valence-electron chi connectivity index (χ3n) is 4.18. The van der Waals surface area contributed by atoms with Gasteiger partial charge in [0.15, 0.2) is 11.3 Å². The molecule has 148 valence electrons. The van der Waals surface area contributed by atoms with E-state index in [1.54, 1.807) is 25.4 Å². The number of aliphatic hydroxyl groups excluding tert-OH is 1. The topological polar surface area (TPSA) is 114 Å². The molecule has 0 bridgehead atoms. The second kappa shape index (κ2) is 8.50. The Labute approximate surface area is 165 Å². The molecule has 8 nitrogen and oxygen atoms in total. The van der Waals surface area contributed by atoms with Crippen molar-refractivity contribution in [3.05, 3.63) is 53.6 Å². The summed E-state index contributed by atoms with van der Waals surface area (Å²) < 4.78 is 15.6. The molecule has 2 aromatic heterocycles. The molecule has 1 atom stereocenters. The molecule has 9 heteroatoms. The number of hydrogen-bond donors (Lipinski definition) is 2. The zero-order valence-electron chi connectivity index (χ0n) is 15.5. The number of carbonyl (C=O) groups is 2. The molecule has 2 amide bonds. The van der Waals surface area contributed by atoms with E-state index in [1.165, 1.54) is 27.8 Å². The highest BCUT2D eigenvalue weighted by atomic mass is 19.1. The monoisotopic (exact) mass is 395 g/mol. The lowest BCUT2D eigenvalue weighted by Crippen LogP contribution is -2.21. The van der Waals surface area contributed by atoms with E-state index in [4.69, 9.17) is 5.73 Å². The number of nitrogens with zero attached hydrogens (tertiary/aromatic N) is 4. The van der Waals surface area contributed by atoms with E-state index in [0.717, 1.165) is 0 Å². The van der Waals surface area contributed by atoms with Gasteiger partial charge in [0.1, 0.15) is 11.9 Å². The fourth-order valence-corrected chi connectivity index (χ4v) is 2.67. The molecule has 3 aromatic rings. The maximum absolute atomic E-state index is 14.2. The molecule has 0 fully saturated rings. The highest BCUT2D eigenvalue weighted by Gasteiger charge is 2.17. The van der Waals surface area contributed by atoms with Gasteiger partial charge < -0.3 is 15.7 Å². The first-order valence-corrected chi connectivity index (χ1v) is 8.69. The number of halogens is 1. The second-order valence-electron chi connectivity index (χ2n) is 6.32. The molecule has 0 unspecified atom stereocenters. The van der Waals surface area contributed by atoms with Crippen LogP contribution in [-0.2, 0) is 4.79 Å². The van der Waals surface area contributed by atoms with Crippen molar-refractivity contribution in [1.82, 2.24) is 19.7 Å². The molecular formula is C20H18FN5O3. The number of aliphatic hydroxyl groups is 1. The third-order valence-corrected chi connectivity index (χ3v) is 4.18. The Morgan fingerprint density at radius 1 is 1.45 bits per heavy atom. The molecule has 3 N–H and O–H groups in total. The molecular weight excluding hydrogens is 377 g/mol. The summed E-state index contributed by atoms with van der Waals surface area (Å²) in [6, 6.07) is 7.46. The average molecular weight is 395 g/mol. The molecule has 0 saturated carbocycles. The summed E-state index contributed by atoms with van der Waals surface area (Å²) in [5, 5.41) is 14.6. The Hall–Kier alpha value is -3.77. The predicted octanol–water partition coefficient (Wildman–Crippen LogP) is 0.849. The summed E-state index contributed by atoms with van der Waals surface area (Å²) in [5.41, 5.74) is 6.32. The molecule has 3 rings (SSSR count). The lowest BCUT2D eigenvalue weighted by Gasteiger charge is -2.10. The van der Waals surface area contributed by atoms with Gasteiger partial charge in [0, 0.05) is 26.2 Å². The highest BCUT2D eigenvalue weighted by molar-refractivity contribution is 6.03. The summed E-state index contributed by atoms with van der Waals surface area (Å²) >= 11 is 0. The molecule has 2 heterocycles. The molecule has 0 aliphatic rings. The number of aromatic nitrogens is 3. The first-order chi connectivity index (χ1) is 13.9. The van der Waals surface area contributed by atoms with E-state index in [9.17, 15) is 19.1 Å². The van der Waals surface area contributed by atoms with Crippen molar-refractivity contribution >= 4 is 23.4 Å². The number of benzene rings is 1. The summed E-state index contributed by atoms with van der Waals surface area (Å²) in [5.74, 6) is 3.90. The van der Waals surface area contributed by atoms with E-state index in [1.807, 2.05) is 0 Å². The normalized spacial score (nSPS) is 11.6. The van der Waals surface area contributed by atoms with Crippen LogP contribution in [0, 0.1) is 17.7 Å². The molecule has 1 aromatic carbocycles. The van der Waals surface area contributed by atoms with Crippen molar-refractivity contribution in [2.45, 2.75) is 12.5 Å². The fraction of sp³-hybridized carbons (Fsp3) is 0.200. The first kappa shape index (κ1) is 20.0. The average Bonchev–Trinajstić information content (AvgIpc) is 3.11. The molecule has 29 heavy (non-hydrogen) atoms. The van der Waals surface area contributed by atoms with Crippen LogP contribution in [0.2, 0.25) is 0 Å². The second-order valence-corrected chi connectivity index (χ2v) is 6.32. The zero-order valence-corrected chi connectivity index (χ0v) is 15.5. The summed E-state index contributed by atoms with van der Waals surface area (Å²) in [4.78, 5) is 27.8. The molecule has 0 radical (unpaired) electrons. The minimum atomic E-state index is -1.02. The van der Waals surface area contributed by atoms with Crippen LogP contribution >= 0.6 is 0 Å². The van der Waals surface area contributed by atoms with E-state index in [2.05, 4.69) is 21.9 Å². The Morgan fingerprint density at radius 2 is 2.24 bits per heavy atom. The number of nitrogens with two attached hydrogens (primary N) is 1. The van der Waals surface area contributed by atoms with Gasteiger partial charge in [-0.3, -0.25) is 9.59 Å². The number of rotatable bonds is 6. The van der Waals surface area contributed by atoms with Gasteiger partial charge in [-0.1, -0.05) is 11.8 Å². The van der Waals surface area contributed by atoms with Gasteiger partial charge in [-0.2, -0.15) is 5.10 Å². The highest BCUT2D eigenvalue weighted by Crippen LogP contribution is 2.21. The largest absolute Gasteiger partial charge is 0.380 e. The quantitative estimate of drug-likeness (QED) is 0.474. The molecule has 0 aliphatic heterocycles. The van der Waals surface area contributed by atoms with Crippen LogP contribution in [-0.4, -0.2) is 56.8 Å². The Balaban J connectivity index is 1.95. The van der Waals surface area contributed by atoms with E-state index < -0.39 is 17.8 Å². The van der Waals surface area contributed by atoms with Gasteiger partial charge in [0.2, 0.25) is 6.41 Å². The standard InChI is InChI=1S/C20H18FN5O3/c1-25(12-27)10-8-15(28)6-4-13-11-14(5-7-17(13)21)26-20-16(3-2-9-23-20)18(24-26)19(22)29/h2-3,5,7,9,11-12,15,28H,8,10H2,1H3,(H2,22,29)/t15-/m0/s1. The lowest BCUT2D eigenvalue weighted by molar-refractivity contribution is -0.117. The maximum atomic E-state index is 14.2. The summed E-state index contributed by atoms with van der Waals surface area (Å²) in [6.07, 6.45) is 1.40. The Kier molecular flexibility index (Phi) is 5.85. The van der Waals surface area contributed by atoms with Crippen LogP contribution in [0.3, 0.4) is 0 Å². The van der Waals surface area contributed by atoms with Gasteiger partial charge in [-0.15, -0.1) is 0 Å². The smallest absolute Gasteiger partial charge is 0.269 e. The van der Waals surface area contributed by atoms with Gasteiger partial charge in [-0.25, -0.2) is 14.1 Å². The van der Waals surface area contributed by atoms with Crippen LogP contribution in [0.25, 0.3) is 16.7 Å². The molecule has 0 spiro atoms. The zero-order chi connectivity index (χ0) is 21.0. The number of hydrogen-bond acceptors (Lipinski definition) is 5. The third kappa shape index (κ3) is 4.39. The minimum absolute atomic E-state index is 0.0468. The minimum Gasteiger partial charge on any atom is -0.380 e. The van der Waals surface area contributed by atoms with E-state index in [-0.39, 0.29) is 17.7 Å². The van der Waals surface area contributed by atoms with Gasteiger partial charge in [-0.05, 0) is 30.3 Å². The summed E-state index contributed by atoms with van der Waals surface area (Å²) in [7, 11) is 1.58. The van der Waals surface area contributed by atoms with Crippen molar-refractivity contribution in [3.63, 3.8) is 0 Å². The van der Waals surface area contributed by atoms with Crippen molar-refractivity contribution in [3.8, 4) is 17.5 Å². The number of pyridine rings is 1. The van der Waals surface area contributed by atoms with Crippen molar-refractivity contribution in [2.24, 2.45) is 5.73 Å². The van der Waals surface area contributed by atoms with Crippen LogP contribution in [0.5, 0.6) is 0 Å². The molecule has 0 saturated heterocycles. The van der Waals surface area contributed by atoms with E-state index in [0.29, 0.717) is 29.7 Å². The van der Waals surface area contributed by atoms with Crippen LogP contribution in [0.1, 0.15) is 22.5 Å². The number of primary amides is 1. The van der Waals surface area contributed by atoms with Crippen molar-refractivity contribution < 1.29 is 19.1 Å². The predicted molar refractivity (Wildman–Crippen MR) is 104 cm³/mol. The fourth-order valence-electron chi connectivity index (χ4n) is 2.67. The summed E-state index contributed by atoms with van der Waals surface area (Å²) in [6.45, 7) is 0.322. The van der Waals surface area contributed by atoms with Crippen LogP contribution < -0.4 is 5.73 Å². The molecule has 0 aliphatic carbocycles. The van der Waals surface area contributed by atoms with Gasteiger partial charge >= 0.3 is 0 Å². The van der Waals surface area contributed by atoms with E-state index >= 15 is 0 Å². The van der Waals surface area contributed by atoms with Crippen LogP contribution in [0.15, 0.2) is 36.5 Å². The van der Waals surface area contributed by atoms with Crippen molar-refractivity contribution in [1.29, 1.82) is 0 Å². The maximum Gasteiger partial charge on any atom is 0.269 e. The number of carbonyl (C=O) groups excluding carboxylic acids is 2. The Morgan fingerprint density at radius 3 is 2.97 bits per heavy atom.